The second kappa shape index (κ2) is 6.78. The first-order valence-electron chi connectivity index (χ1n) is 6.39. The molecule has 8 heteroatoms. The van der Waals surface area contributed by atoms with E-state index in [2.05, 4.69) is 10.6 Å². The molecule has 2 amide bonds. The van der Waals surface area contributed by atoms with E-state index < -0.39 is 17.8 Å². The molecule has 0 saturated heterocycles. The van der Waals surface area contributed by atoms with E-state index in [1.165, 1.54) is 7.11 Å². The molecule has 0 radical (unpaired) electrons. The number of benzene rings is 2. The van der Waals surface area contributed by atoms with E-state index in [1.54, 1.807) is 24.3 Å². The molecule has 23 heavy (non-hydrogen) atoms. The number of hydrogen-bond donors (Lipinski definition) is 2. The number of nitrogens with one attached hydrogen (secondary N) is 2. The van der Waals surface area contributed by atoms with Crippen LogP contribution in [-0.4, -0.2) is 13.1 Å². The van der Waals surface area contributed by atoms with Gasteiger partial charge in [-0.05, 0) is 30.3 Å². The molecule has 122 valence electrons. The molecule has 0 saturated carbocycles. The highest BCUT2D eigenvalue weighted by atomic mass is 35.5. The largest absolute Gasteiger partial charge is 0.495 e. The van der Waals surface area contributed by atoms with Crippen molar-refractivity contribution in [3.8, 4) is 5.75 Å². The topological polar surface area (TPSA) is 50.4 Å². The van der Waals surface area contributed by atoms with Crippen molar-refractivity contribution in [3.05, 3.63) is 53.1 Å². The number of rotatable bonds is 3. The van der Waals surface area contributed by atoms with Gasteiger partial charge in [0.25, 0.3) is 0 Å². The minimum Gasteiger partial charge on any atom is -0.495 e. The van der Waals surface area contributed by atoms with Crippen molar-refractivity contribution in [3.63, 3.8) is 0 Å². The van der Waals surface area contributed by atoms with Crippen LogP contribution < -0.4 is 15.4 Å². The Morgan fingerprint density at radius 2 is 1.74 bits per heavy atom. The first-order valence-corrected chi connectivity index (χ1v) is 6.77. The lowest BCUT2D eigenvalue weighted by atomic mass is 10.2. The number of carbonyl (C=O) groups excluding carboxylic acids is 1. The predicted octanol–water partition coefficient (Wildman–Crippen LogP) is 5.01. The van der Waals surface area contributed by atoms with Crippen LogP contribution in [0.4, 0.5) is 29.3 Å². The number of amides is 2. The Bertz CT molecular complexity index is 720. The van der Waals surface area contributed by atoms with Crippen molar-refractivity contribution in [2.45, 2.75) is 6.18 Å². The number of methoxy groups -OCH3 is 1. The van der Waals surface area contributed by atoms with Crippen molar-refractivity contribution in [1.29, 1.82) is 0 Å². The van der Waals surface area contributed by atoms with Gasteiger partial charge in [-0.15, -0.1) is 0 Å². The summed E-state index contributed by atoms with van der Waals surface area (Å²) in [5, 5.41) is 4.76. The SMILES string of the molecule is COc1ccccc1NC(=O)Nc1cc(C(F)(F)F)ccc1Cl. The molecule has 0 atom stereocenters. The highest BCUT2D eigenvalue weighted by Gasteiger charge is 2.31. The zero-order valence-corrected chi connectivity index (χ0v) is 12.6. The predicted molar refractivity (Wildman–Crippen MR) is 82.1 cm³/mol. The summed E-state index contributed by atoms with van der Waals surface area (Å²) in [6.07, 6.45) is -4.53. The van der Waals surface area contributed by atoms with Gasteiger partial charge in [0.05, 0.1) is 29.1 Å². The van der Waals surface area contributed by atoms with Gasteiger partial charge in [0.2, 0.25) is 0 Å². The molecule has 0 fully saturated rings. The van der Waals surface area contributed by atoms with Crippen molar-refractivity contribution in [2.75, 3.05) is 17.7 Å². The van der Waals surface area contributed by atoms with Crippen LogP contribution >= 0.6 is 11.6 Å². The van der Waals surface area contributed by atoms with Gasteiger partial charge in [0.1, 0.15) is 5.75 Å². The molecule has 2 rings (SSSR count). The second-order valence-electron chi connectivity index (χ2n) is 4.47. The molecule has 2 N–H and O–H groups in total. The van der Waals surface area contributed by atoms with Crippen LogP contribution in [0.3, 0.4) is 0 Å². The van der Waals surface area contributed by atoms with Crippen LogP contribution in [0.15, 0.2) is 42.5 Å². The average Bonchev–Trinajstić information content (AvgIpc) is 2.49. The number of carbonyl (C=O) groups is 1. The Hall–Kier alpha value is -2.41. The Morgan fingerprint density at radius 3 is 2.39 bits per heavy atom. The van der Waals surface area contributed by atoms with E-state index in [-0.39, 0.29) is 10.7 Å². The Labute approximate surface area is 135 Å². The summed E-state index contributed by atoms with van der Waals surface area (Å²) in [6.45, 7) is 0. The maximum absolute atomic E-state index is 12.7. The molecule has 0 bridgehead atoms. The zero-order valence-electron chi connectivity index (χ0n) is 11.9. The fraction of sp³-hybridized carbons (Fsp3) is 0.133. The van der Waals surface area contributed by atoms with Crippen molar-refractivity contribution in [2.24, 2.45) is 0 Å². The van der Waals surface area contributed by atoms with Gasteiger partial charge in [0.15, 0.2) is 0 Å². The normalized spacial score (nSPS) is 11.0. The smallest absolute Gasteiger partial charge is 0.416 e. The number of para-hydroxylation sites is 2. The second-order valence-corrected chi connectivity index (χ2v) is 4.88. The van der Waals surface area contributed by atoms with Gasteiger partial charge in [0, 0.05) is 0 Å². The molecule has 0 aliphatic rings. The maximum atomic E-state index is 12.7. The molecular weight excluding hydrogens is 333 g/mol. The molecule has 0 aliphatic heterocycles. The first-order chi connectivity index (χ1) is 10.8. The third-order valence-corrected chi connectivity index (χ3v) is 3.23. The van der Waals surface area contributed by atoms with Crippen molar-refractivity contribution < 1.29 is 22.7 Å². The van der Waals surface area contributed by atoms with E-state index in [1.807, 2.05) is 0 Å². The van der Waals surface area contributed by atoms with Crippen LogP contribution in [0.5, 0.6) is 5.75 Å². The Morgan fingerprint density at radius 1 is 1.09 bits per heavy atom. The molecule has 2 aromatic rings. The summed E-state index contributed by atoms with van der Waals surface area (Å²) < 4.78 is 43.2. The summed E-state index contributed by atoms with van der Waals surface area (Å²) in [5.41, 5.74) is -0.682. The van der Waals surface area contributed by atoms with Crippen molar-refractivity contribution >= 4 is 29.0 Å². The maximum Gasteiger partial charge on any atom is 0.416 e. The van der Waals surface area contributed by atoms with E-state index in [4.69, 9.17) is 16.3 Å². The molecule has 2 aromatic carbocycles. The number of hydrogen-bond acceptors (Lipinski definition) is 2. The third-order valence-electron chi connectivity index (χ3n) is 2.90. The first kappa shape index (κ1) is 17.0. The number of anilines is 2. The summed E-state index contributed by atoms with van der Waals surface area (Å²) >= 11 is 5.82. The highest BCUT2D eigenvalue weighted by molar-refractivity contribution is 6.33. The summed E-state index contributed by atoms with van der Waals surface area (Å²) in [4.78, 5) is 11.9. The summed E-state index contributed by atoms with van der Waals surface area (Å²) in [5.74, 6) is 0.415. The lowest BCUT2D eigenvalue weighted by Gasteiger charge is -2.13. The lowest BCUT2D eigenvalue weighted by Crippen LogP contribution is -2.20. The molecule has 0 aliphatic carbocycles. The monoisotopic (exact) mass is 344 g/mol. The fourth-order valence-corrected chi connectivity index (χ4v) is 1.99. The van der Waals surface area contributed by atoms with Crippen LogP contribution in [0, 0.1) is 0 Å². The van der Waals surface area contributed by atoms with Gasteiger partial charge in [-0.2, -0.15) is 13.2 Å². The molecule has 4 nitrogen and oxygen atoms in total. The van der Waals surface area contributed by atoms with Crippen LogP contribution in [0.2, 0.25) is 5.02 Å². The van der Waals surface area contributed by atoms with E-state index in [9.17, 15) is 18.0 Å². The summed E-state index contributed by atoms with van der Waals surface area (Å²) in [7, 11) is 1.43. The minimum absolute atomic E-state index is 0.00632. The number of urea groups is 1. The van der Waals surface area contributed by atoms with Crippen LogP contribution in [-0.2, 0) is 6.18 Å². The minimum atomic E-state index is -4.53. The van der Waals surface area contributed by atoms with Crippen molar-refractivity contribution in [1.82, 2.24) is 0 Å². The van der Waals surface area contributed by atoms with Gasteiger partial charge in [-0.3, -0.25) is 0 Å². The molecular formula is C15H12ClF3N2O2. The summed E-state index contributed by atoms with van der Waals surface area (Å²) in [6, 6.07) is 8.55. The Balaban J connectivity index is 2.17. The van der Waals surface area contributed by atoms with E-state index in [0.29, 0.717) is 11.4 Å². The van der Waals surface area contributed by atoms with Gasteiger partial charge in [-0.25, -0.2) is 4.79 Å². The highest BCUT2D eigenvalue weighted by Crippen LogP contribution is 2.34. The van der Waals surface area contributed by atoms with Gasteiger partial charge < -0.3 is 15.4 Å². The number of alkyl halides is 3. The van der Waals surface area contributed by atoms with Gasteiger partial charge >= 0.3 is 12.2 Å². The van der Waals surface area contributed by atoms with E-state index >= 15 is 0 Å². The zero-order chi connectivity index (χ0) is 17.0. The average molecular weight is 345 g/mol. The quantitative estimate of drug-likeness (QED) is 0.822. The molecule has 0 aromatic heterocycles. The number of ether oxygens (including phenoxy) is 1. The number of halogens is 4. The van der Waals surface area contributed by atoms with Gasteiger partial charge in [-0.1, -0.05) is 23.7 Å². The van der Waals surface area contributed by atoms with Crippen LogP contribution in [0.1, 0.15) is 5.56 Å². The van der Waals surface area contributed by atoms with E-state index in [0.717, 1.165) is 18.2 Å². The molecule has 0 heterocycles. The molecule has 0 spiro atoms. The van der Waals surface area contributed by atoms with Crippen LogP contribution in [0.25, 0.3) is 0 Å². The standard InChI is InChI=1S/C15H12ClF3N2O2/c1-23-13-5-3-2-4-11(13)20-14(22)21-12-8-9(15(17,18)19)6-7-10(12)16/h2-8H,1H3,(H2,20,21,22). The third kappa shape index (κ3) is 4.29. The fourth-order valence-electron chi connectivity index (χ4n) is 1.82. The Kier molecular flexibility index (Phi) is 5.00. The lowest BCUT2D eigenvalue weighted by molar-refractivity contribution is -0.137. The molecule has 0 unspecified atom stereocenters.